The summed E-state index contributed by atoms with van der Waals surface area (Å²) in [5.41, 5.74) is 0.958. The van der Waals surface area contributed by atoms with E-state index < -0.39 is 0 Å². The minimum Gasteiger partial charge on any atom is -0.358 e. The zero-order chi connectivity index (χ0) is 8.65. The molecule has 0 saturated carbocycles. The third kappa shape index (κ3) is 9.09. The maximum absolute atomic E-state index is 5.04. The van der Waals surface area contributed by atoms with E-state index in [1.807, 2.05) is 54.6 Å². The molecule has 0 aliphatic rings. The molecule has 2 aromatic rings. The summed E-state index contributed by atoms with van der Waals surface area (Å²) in [5.74, 6) is 2.51. The zero-order valence-corrected chi connectivity index (χ0v) is 10.2. The van der Waals surface area contributed by atoms with Crippen molar-refractivity contribution in [2.75, 3.05) is 0 Å². The van der Waals surface area contributed by atoms with Gasteiger partial charge in [-0.25, -0.2) is 12.1 Å². The first-order chi connectivity index (χ1) is 5.93. The molecule has 0 radical (unpaired) electrons. The summed E-state index contributed by atoms with van der Waals surface area (Å²) in [6, 6.07) is 17.7. The topological polar surface area (TPSA) is 0 Å². The van der Waals surface area contributed by atoms with Crippen LogP contribution in [0.2, 0.25) is 0 Å². The molecule has 0 atom stereocenters. The number of hydrogen-bond acceptors (Lipinski definition) is 0. The van der Waals surface area contributed by atoms with E-state index in [-0.39, 0.29) is 31.9 Å². The van der Waals surface area contributed by atoms with Crippen LogP contribution in [0, 0.1) is 27.2 Å². The summed E-state index contributed by atoms with van der Waals surface area (Å²) >= 11 is 0. The first kappa shape index (κ1) is 19.4. The Labute approximate surface area is 105 Å². The van der Waals surface area contributed by atoms with Crippen LogP contribution in [0.5, 0.6) is 0 Å². The van der Waals surface area contributed by atoms with Gasteiger partial charge in [-0.2, -0.15) is 48.7 Å². The van der Waals surface area contributed by atoms with Crippen molar-refractivity contribution in [3.05, 3.63) is 75.0 Å². The van der Waals surface area contributed by atoms with Crippen molar-refractivity contribution < 1.29 is 17.1 Å². The van der Waals surface area contributed by atoms with E-state index in [4.69, 9.17) is 6.42 Å². The monoisotopic (exact) mass is 240 g/mol. The van der Waals surface area contributed by atoms with Gasteiger partial charge < -0.3 is 14.9 Å². The van der Waals surface area contributed by atoms with Gasteiger partial charge in [-0.1, -0.05) is 0 Å². The molecular weight excluding hydrogens is 224 g/mol. The summed E-state index contributed by atoms with van der Waals surface area (Å²) < 4.78 is 0. The molecule has 0 aliphatic heterocycles. The van der Waals surface area contributed by atoms with Crippen molar-refractivity contribution in [2.45, 2.75) is 0 Å². The minimum atomic E-state index is 0. The van der Waals surface area contributed by atoms with Crippen LogP contribution in [0.3, 0.4) is 0 Å². The molecule has 2 rings (SSSR count). The van der Waals surface area contributed by atoms with E-state index in [0.29, 0.717) is 0 Å². The molecule has 0 unspecified atom stereocenters. The third-order valence-electron chi connectivity index (χ3n) is 1.38. The fourth-order valence-corrected chi connectivity index (χ4v) is 0.791. The van der Waals surface area contributed by atoms with Gasteiger partial charge in [-0.3, -0.25) is 0 Å². The molecule has 80 valence electrons. The normalized spacial score (nSPS) is 6.33. The van der Waals surface area contributed by atoms with Crippen molar-refractivity contribution >= 4 is 0 Å². The fraction of sp³-hybridized carbons (Fsp3) is 0. The van der Waals surface area contributed by atoms with Gasteiger partial charge in [-0.05, 0) is 0 Å². The van der Waals surface area contributed by atoms with E-state index in [0.717, 1.165) is 5.56 Å². The Hall–Kier alpha value is -1.22. The summed E-state index contributed by atoms with van der Waals surface area (Å²) in [5, 5.41) is 0. The van der Waals surface area contributed by atoms with Crippen LogP contribution in [0.15, 0.2) is 54.6 Å². The second-order valence-electron chi connectivity index (χ2n) is 2.28. The van der Waals surface area contributed by atoms with Crippen molar-refractivity contribution in [3.8, 4) is 12.3 Å². The van der Waals surface area contributed by atoms with Crippen LogP contribution in [-0.2, 0) is 17.1 Å². The molecule has 1 heteroatoms. The second-order valence-corrected chi connectivity index (χ2v) is 2.28. The van der Waals surface area contributed by atoms with Crippen LogP contribution in [0.1, 0.15) is 5.56 Å². The molecular formula is C14H16Fe. The van der Waals surface area contributed by atoms with Gasteiger partial charge in [0.15, 0.2) is 0 Å². The molecule has 0 N–H and O–H groups in total. The summed E-state index contributed by atoms with van der Waals surface area (Å²) in [4.78, 5) is 0. The van der Waals surface area contributed by atoms with Gasteiger partial charge in [0.2, 0.25) is 0 Å². The van der Waals surface area contributed by atoms with Gasteiger partial charge in [0, 0.05) is 0 Å². The van der Waals surface area contributed by atoms with Gasteiger partial charge >= 0.3 is 17.1 Å². The van der Waals surface area contributed by atoms with Gasteiger partial charge in [0.05, 0.1) is 0 Å². The Kier molecular flexibility index (Phi) is 16.5. The van der Waals surface area contributed by atoms with E-state index in [9.17, 15) is 0 Å². The second kappa shape index (κ2) is 12.8. The average molecular weight is 240 g/mol. The van der Waals surface area contributed by atoms with Crippen LogP contribution < -0.4 is 0 Å². The Morgan fingerprint density at radius 1 is 1.00 bits per heavy atom. The van der Waals surface area contributed by atoms with Crippen LogP contribution >= 0.6 is 0 Å². The third-order valence-corrected chi connectivity index (χ3v) is 1.38. The predicted molar refractivity (Wildman–Crippen MR) is 64.8 cm³/mol. The summed E-state index contributed by atoms with van der Waals surface area (Å²) in [6.07, 6.45) is 5.04. The maximum Gasteiger partial charge on any atom is 4.00 e. The van der Waals surface area contributed by atoms with Gasteiger partial charge in [0.1, 0.15) is 0 Å². The minimum absolute atomic E-state index is 0. The smallest absolute Gasteiger partial charge is 0.358 e. The van der Waals surface area contributed by atoms with Crippen molar-refractivity contribution in [2.24, 2.45) is 0 Å². The fourth-order valence-electron chi connectivity index (χ4n) is 0.791. The van der Waals surface area contributed by atoms with Crippen molar-refractivity contribution in [3.63, 3.8) is 0 Å². The molecule has 0 heterocycles. The van der Waals surface area contributed by atoms with Crippen LogP contribution in [0.25, 0.3) is 0 Å². The molecule has 0 bridgehead atoms. The molecule has 0 nitrogen and oxygen atoms in total. The largest absolute Gasteiger partial charge is 4.00 e. The van der Waals surface area contributed by atoms with E-state index in [1.165, 1.54) is 0 Å². The number of terminal acetylenes is 1. The van der Waals surface area contributed by atoms with E-state index in [1.54, 1.807) is 0 Å². The van der Waals surface area contributed by atoms with E-state index in [2.05, 4.69) is 5.92 Å². The molecule has 0 amide bonds. The predicted octanol–water partition coefficient (Wildman–Crippen LogP) is 3.69. The molecule has 0 aromatic heterocycles. The van der Waals surface area contributed by atoms with Crippen molar-refractivity contribution in [1.29, 1.82) is 0 Å². The molecule has 15 heavy (non-hydrogen) atoms. The first-order valence-electron chi connectivity index (χ1n) is 3.78. The number of hydrogen-bond donors (Lipinski definition) is 0. The van der Waals surface area contributed by atoms with Gasteiger partial charge in [0.25, 0.3) is 0 Å². The SMILES string of the molecule is C#Cc1ccc[cH-]1.[CH3-].[CH3-].[Fe+4].c1cc[cH-]c1. The quantitative estimate of drug-likeness (QED) is 0.374. The molecule has 2 aromatic carbocycles. The Morgan fingerprint density at radius 3 is 1.80 bits per heavy atom. The van der Waals surface area contributed by atoms with Crippen LogP contribution in [0.4, 0.5) is 0 Å². The molecule has 0 saturated heterocycles. The molecule has 0 spiro atoms. The number of rotatable bonds is 0. The standard InChI is InChI=1S/C7H5.C5H5.2CH3.Fe/c1-2-7-5-3-4-6-7;1-2-4-5-3-1;;;/h1,3-6H;1-5H;2*1H3;/q4*-1;+4. The van der Waals surface area contributed by atoms with Crippen LogP contribution in [-0.4, -0.2) is 0 Å². The summed E-state index contributed by atoms with van der Waals surface area (Å²) in [6.45, 7) is 0. The Balaban J connectivity index is -0.000000165. The summed E-state index contributed by atoms with van der Waals surface area (Å²) in [7, 11) is 0. The Morgan fingerprint density at radius 2 is 1.60 bits per heavy atom. The van der Waals surface area contributed by atoms with E-state index >= 15 is 0 Å². The zero-order valence-electron chi connectivity index (χ0n) is 9.13. The average Bonchev–Trinajstić information content (AvgIpc) is 2.81. The van der Waals surface area contributed by atoms with Gasteiger partial charge in [-0.15, -0.1) is 11.6 Å². The molecule has 0 aliphatic carbocycles. The van der Waals surface area contributed by atoms with Crippen molar-refractivity contribution in [1.82, 2.24) is 0 Å². The maximum atomic E-state index is 5.04. The molecule has 0 fully saturated rings. The first-order valence-corrected chi connectivity index (χ1v) is 3.78. The Bertz CT molecular complexity index is 291.